The number of hydrogen-bond donors (Lipinski definition) is 0. The molecule has 0 saturated heterocycles. The van der Waals surface area contributed by atoms with Crippen LogP contribution in [0.1, 0.15) is 28.7 Å². The summed E-state index contributed by atoms with van der Waals surface area (Å²) in [6.07, 6.45) is 3.07. The maximum Gasteiger partial charge on any atom is 0.276 e. The number of pyridine rings is 1. The van der Waals surface area contributed by atoms with Gasteiger partial charge >= 0.3 is 0 Å². The molecule has 0 atom stereocenters. The van der Waals surface area contributed by atoms with Gasteiger partial charge in [0.05, 0.1) is 11.2 Å². The molecule has 0 aliphatic carbocycles. The highest BCUT2D eigenvalue weighted by Gasteiger charge is 2.19. The second-order valence-electron chi connectivity index (χ2n) is 5.61. The highest BCUT2D eigenvalue weighted by Crippen LogP contribution is 2.17. The first-order valence-electron chi connectivity index (χ1n) is 8.18. The summed E-state index contributed by atoms with van der Waals surface area (Å²) in [5.74, 6) is 0.779. The van der Waals surface area contributed by atoms with Gasteiger partial charge < -0.3 is 14.2 Å². The van der Waals surface area contributed by atoms with Crippen LogP contribution in [0.25, 0.3) is 0 Å². The Morgan fingerprint density at radius 3 is 2.77 bits per heavy atom. The molecule has 0 spiro atoms. The van der Waals surface area contributed by atoms with Crippen molar-refractivity contribution < 1.29 is 14.1 Å². The van der Waals surface area contributed by atoms with Crippen LogP contribution in [0.15, 0.2) is 59.4 Å². The van der Waals surface area contributed by atoms with E-state index < -0.39 is 0 Å². The first-order chi connectivity index (χ1) is 12.7. The van der Waals surface area contributed by atoms with E-state index in [1.54, 1.807) is 23.2 Å². The number of amides is 1. The molecule has 134 valence electrons. The summed E-state index contributed by atoms with van der Waals surface area (Å²) < 4.78 is 10.7. The largest absolute Gasteiger partial charge is 0.484 e. The quantitative estimate of drug-likeness (QED) is 0.628. The average Bonchev–Trinajstić information content (AvgIpc) is 3.14. The van der Waals surface area contributed by atoms with Crippen molar-refractivity contribution in [1.29, 1.82) is 0 Å². The fraction of sp³-hybridized carbons (Fsp3) is 0.211. The van der Waals surface area contributed by atoms with E-state index in [1.807, 2.05) is 37.3 Å². The highest BCUT2D eigenvalue weighted by molar-refractivity contribution is 6.30. The van der Waals surface area contributed by atoms with Crippen LogP contribution in [0.2, 0.25) is 5.02 Å². The molecule has 2 aromatic heterocycles. The van der Waals surface area contributed by atoms with Crippen LogP contribution in [0.5, 0.6) is 5.75 Å². The van der Waals surface area contributed by atoms with E-state index in [9.17, 15) is 4.79 Å². The van der Waals surface area contributed by atoms with Crippen LogP contribution < -0.4 is 4.74 Å². The molecule has 0 bridgehead atoms. The molecule has 0 N–H and O–H groups in total. The van der Waals surface area contributed by atoms with E-state index in [4.69, 9.17) is 20.9 Å². The molecule has 0 aliphatic rings. The van der Waals surface area contributed by atoms with E-state index in [0.717, 1.165) is 5.56 Å². The van der Waals surface area contributed by atoms with Crippen LogP contribution in [-0.2, 0) is 13.2 Å². The molecular weight excluding hydrogens is 354 g/mol. The second-order valence-corrected chi connectivity index (χ2v) is 6.05. The Morgan fingerprint density at radius 1 is 1.23 bits per heavy atom. The lowest BCUT2D eigenvalue weighted by Gasteiger charge is -2.19. The van der Waals surface area contributed by atoms with E-state index in [0.29, 0.717) is 29.6 Å². The lowest BCUT2D eigenvalue weighted by Crippen LogP contribution is -2.30. The van der Waals surface area contributed by atoms with Gasteiger partial charge in [-0.3, -0.25) is 9.78 Å². The fourth-order valence-corrected chi connectivity index (χ4v) is 2.56. The van der Waals surface area contributed by atoms with Crippen molar-refractivity contribution in [1.82, 2.24) is 15.0 Å². The number of ether oxygens (including phenoxy) is 1. The van der Waals surface area contributed by atoms with Gasteiger partial charge in [0.25, 0.3) is 5.91 Å². The van der Waals surface area contributed by atoms with Gasteiger partial charge in [0.15, 0.2) is 11.5 Å². The molecule has 0 fully saturated rings. The predicted molar refractivity (Wildman–Crippen MR) is 96.9 cm³/mol. The normalized spacial score (nSPS) is 10.5. The summed E-state index contributed by atoms with van der Waals surface area (Å²) in [5.41, 5.74) is 1.31. The van der Waals surface area contributed by atoms with Gasteiger partial charge in [-0.2, -0.15) is 0 Å². The summed E-state index contributed by atoms with van der Waals surface area (Å²) in [4.78, 5) is 18.3. The smallest absolute Gasteiger partial charge is 0.276 e. The van der Waals surface area contributed by atoms with Crippen molar-refractivity contribution in [2.45, 2.75) is 20.1 Å². The Balaban J connectivity index is 1.63. The number of benzene rings is 1. The second kappa shape index (κ2) is 8.49. The van der Waals surface area contributed by atoms with Crippen molar-refractivity contribution in [2.75, 3.05) is 6.54 Å². The molecule has 1 amide bonds. The highest BCUT2D eigenvalue weighted by atomic mass is 35.5. The van der Waals surface area contributed by atoms with Crippen molar-refractivity contribution in [3.05, 3.63) is 76.9 Å². The SMILES string of the molecule is CCN(Cc1ccccc1)C(=O)c1cc(COc2cncc(Cl)c2)on1. The van der Waals surface area contributed by atoms with Gasteiger partial charge in [0.1, 0.15) is 12.4 Å². The van der Waals surface area contributed by atoms with Gasteiger partial charge in [0.2, 0.25) is 0 Å². The maximum atomic E-state index is 12.6. The zero-order valence-electron chi connectivity index (χ0n) is 14.3. The lowest BCUT2D eigenvalue weighted by molar-refractivity contribution is 0.0742. The number of carbonyl (C=O) groups is 1. The third-order valence-corrected chi connectivity index (χ3v) is 3.93. The summed E-state index contributed by atoms with van der Waals surface area (Å²) in [5, 5.41) is 4.35. The summed E-state index contributed by atoms with van der Waals surface area (Å²) in [6, 6.07) is 13.0. The first-order valence-corrected chi connectivity index (χ1v) is 8.55. The average molecular weight is 372 g/mol. The third-order valence-electron chi connectivity index (χ3n) is 3.72. The number of nitrogens with zero attached hydrogens (tertiary/aromatic N) is 3. The van der Waals surface area contributed by atoms with Crippen molar-refractivity contribution in [3.63, 3.8) is 0 Å². The summed E-state index contributed by atoms with van der Waals surface area (Å²) in [6.45, 7) is 3.15. The third kappa shape index (κ3) is 4.61. The Hall–Kier alpha value is -2.86. The van der Waals surface area contributed by atoms with E-state index in [2.05, 4.69) is 10.1 Å². The van der Waals surface area contributed by atoms with Crippen LogP contribution in [-0.4, -0.2) is 27.5 Å². The van der Waals surface area contributed by atoms with Crippen molar-refractivity contribution in [3.8, 4) is 5.75 Å². The molecule has 3 aromatic rings. The van der Waals surface area contributed by atoms with Crippen molar-refractivity contribution >= 4 is 17.5 Å². The van der Waals surface area contributed by atoms with Gasteiger partial charge in [-0.15, -0.1) is 0 Å². The Morgan fingerprint density at radius 2 is 2.04 bits per heavy atom. The Bertz CT molecular complexity index is 867. The van der Waals surface area contributed by atoms with Crippen LogP contribution >= 0.6 is 11.6 Å². The molecule has 2 heterocycles. The van der Waals surface area contributed by atoms with Gasteiger partial charge in [-0.05, 0) is 12.5 Å². The molecule has 6 nitrogen and oxygen atoms in total. The molecule has 3 rings (SSSR count). The number of carbonyl (C=O) groups excluding carboxylic acids is 1. The van der Waals surface area contributed by atoms with E-state index >= 15 is 0 Å². The van der Waals surface area contributed by atoms with Gasteiger partial charge in [-0.25, -0.2) is 0 Å². The molecule has 7 heteroatoms. The Labute approximate surface area is 156 Å². The Kier molecular flexibility index (Phi) is 5.86. The maximum absolute atomic E-state index is 12.6. The monoisotopic (exact) mass is 371 g/mol. The fourth-order valence-electron chi connectivity index (χ4n) is 2.40. The van der Waals surface area contributed by atoms with Gasteiger partial charge in [0, 0.05) is 31.4 Å². The number of hydrogen-bond acceptors (Lipinski definition) is 5. The lowest BCUT2D eigenvalue weighted by atomic mass is 10.2. The molecule has 26 heavy (non-hydrogen) atoms. The number of halogens is 1. The molecule has 0 unspecified atom stereocenters. The molecule has 0 aliphatic heterocycles. The van der Waals surface area contributed by atoms with E-state index in [-0.39, 0.29) is 18.2 Å². The number of aromatic nitrogens is 2. The zero-order valence-corrected chi connectivity index (χ0v) is 15.0. The zero-order chi connectivity index (χ0) is 18.4. The van der Waals surface area contributed by atoms with Crippen LogP contribution in [0, 0.1) is 0 Å². The minimum atomic E-state index is -0.184. The molecule has 0 saturated carbocycles. The molecule has 1 aromatic carbocycles. The minimum absolute atomic E-state index is 0.132. The molecule has 0 radical (unpaired) electrons. The van der Waals surface area contributed by atoms with Crippen molar-refractivity contribution in [2.24, 2.45) is 0 Å². The standard InChI is InChI=1S/C19H18ClN3O3/c1-2-23(12-14-6-4-3-5-7-14)19(24)18-9-17(26-22-18)13-25-16-8-15(20)10-21-11-16/h3-11H,2,12-13H2,1H3. The van der Waals surface area contributed by atoms with E-state index in [1.165, 1.54) is 6.20 Å². The summed E-state index contributed by atoms with van der Waals surface area (Å²) >= 11 is 5.86. The topological polar surface area (TPSA) is 68.5 Å². The van der Waals surface area contributed by atoms with Gasteiger partial charge in [-0.1, -0.05) is 47.1 Å². The molecular formula is C19H18ClN3O3. The minimum Gasteiger partial charge on any atom is -0.484 e. The predicted octanol–water partition coefficient (Wildman–Crippen LogP) is 3.96. The first kappa shape index (κ1) is 17.9. The van der Waals surface area contributed by atoms with Crippen LogP contribution in [0.3, 0.4) is 0 Å². The van der Waals surface area contributed by atoms with Crippen LogP contribution in [0.4, 0.5) is 0 Å². The summed E-state index contributed by atoms with van der Waals surface area (Å²) in [7, 11) is 0. The number of rotatable bonds is 7.